The van der Waals surface area contributed by atoms with Crippen LogP contribution in [-0.2, 0) is 0 Å². The molecule has 1 nitrogen and oxygen atoms in total. The maximum atomic E-state index is 9.21. The third-order valence-corrected chi connectivity index (χ3v) is 2.23. The van der Waals surface area contributed by atoms with E-state index < -0.39 is 0 Å². The molecule has 0 aromatic heterocycles. The topological polar surface area (TPSA) is 20.2 Å². The molecule has 1 heteroatoms. The zero-order chi connectivity index (χ0) is 6.69. The molecule has 1 aliphatic carbocycles. The molecule has 0 bridgehead atoms. The van der Waals surface area contributed by atoms with Crippen LogP contribution >= 0.6 is 0 Å². The van der Waals surface area contributed by atoms with E-state index in [4.69, 9.17) is 0 Å². The van der Waals surface area contributed by atoms with E-state index in [-0.39, 0.29) is 6.10 Å². The molecule has 0 heterocycles. The average molecular weight is 128 g/mol. The van der Waals surface area contributed by atoms with Crippen LogP contribution in [0.3, 0.4) is 0 Å². The van der Waals surface area contributed by atoms with E-state index in [1.54, 1.807) is 0 Å². The van der Waals surface area contributed by atoms with Gasteiger partial charge >= 0.3 is 0 Å². The molecule has 0 amide bonds. The first-order valence-electron chi connectivity index (χ1n) is 3.97. The van der Waals surface area contributed by atoms with Gasteiger partial charge in [-0.1, -0.05) is 19.8 Å². The fraction of sp³-hybridized carbons (Fsp3) is 1.00. The molecular weight excluding hydrogens is 112 g/mol. The Balaban J connectivity index is 2.25. The van der Waals surface area contributed by atoms with Crippen LogP contribution in [0.4, 0.5) is 0 Å². The van der Waals surface area contributed by atoms with Gasteiger partial charge in [-0.15, -0.1) is 0 Å². The number of hydrogen-bond donors (Lipinski definition) is 1. The Morgan fingerprint density at radius 2 is 1.89 bits per heavy atom. The summed E-state index contributed by atoms with van der Waals surface area (Å²) in [5.74, 6) is 0.849. The van der Waals surface area contributed by atoms with Crippen molar-refractivity contribution in [1.82, 2.24) is 0 Å². The van der Waals surface area contributed by atoms with Crippen molar-refractivity contribution in [3.05, 3.63) is 0 Å². The minimum atomic E-state index is 0.00921. The molecule has 2 atom stereocenters. The van der Waals surface area contributed by atoms with Crippen LogP contribution in [0.1, 0.15) is 39.0 Å². The van der Waals surface area contributed by atoms with Crippen molar-refractivity contribution in [2.24, 2.45) is 5.92 Å². The van der Waals surface area contributed by atoms with Gasteiger partial charge in [0.1, 0.15) is 0 Å². The molecule has 0 aromatic carbocycles. The van der Waals surface area contributed by atoms with Gasteiger partial charge in [0.15, 0.2) is 0 Å². The molecule has 0 saturated heterocycles. The highest BCUT2D eigenvalue weighted by atomic mass is 16.3. The summed E-state index contributed by atoms with van der Waals surface area (Å²) < 4.78 is 0. The Kier molecular flexibility index (Phi) is 2.52. The molecule has 0 spiro atoms. The fourth-order valence-electron chi connectivity index (χ4n) is 1.47. The second kappa shape index (κ2) is 3.21. The molecule has 0 aromatic rings. The van der Waals surface area contributed by atoms with Crippen molar-refractivity contribution in [2.45, 2.75) is 45.1 Å². The van der Waals surface area contributed by atoms with Gasteiger partial charge in [0, 0.05) is 0 Å². The van der Waals surface area contributed by atoms with Crippen LogP contribution in [-0.4, -0.2) is 11.2 Å². The molecule has 1 saturated carbocycles. The highest BCUT2D eigenvalue weighted by Gasteiger charge is 2.12. The summed E-state index contributed by atoms with van der Waals surface area (Å²) in [6, 6.07) is 0. The van der Waals surface area contributed by atoms with Crippen LogP contribution in [0.15, 0.2) is 0 Å². The lowest BCUT2D eigenvalue weighted by Gasteiger charge is -2.04. The third kappa shape index (κ3) is 2.35. The van der Waals surface area contributed by atoms with Gasteiger partial charge in [-0.05, 0) is 25.2 Å². The summed E-state index contributed by atoms with van der Waals surface area (Å²) in [5.41, 5.74) is 0. The molecule has 9 heavy (non-hydrogen) atoms. The Morgan fingerprint density at radius 3 is 2.67 bits per heavy atom. The van der Waals surface area contributed by atoms with Crippen LogP contribution in [0.25, 0.3) is 0 Å². The molecule has 0 unspecified atom stereocenters. The lowest BCUT2D eigenvalue weighted by atomic mass is 10.0. The summed E-state index contributed by atoms with van der Waals surface area (Å²) >= 11 is 0. The SMILES string of the molecule is C[C@@H]1CCC[C@H](O)CC1. The minimum Gasteiger partial charge on any atom is -0.393 e. The summed E-state index contributed by atoms with van der Waals surface area (Å²) in [6.45, 7) is 2.28. The van der Waals surface area contributed by atoms with Gasteiger partial charge in [-0.25, -0.2) is 0 Å². The lowest BCUT2D eigenvalue weighted by molar-refractivity contribution is 0.156. The number of aliphatic hydroxyl groups is 1. The van der Waals surface area contributed by atoms with Gasteiger partial charge in [0.05, 0.1) is 6.10 Å². The van der Waals surface area contributed by atoms with Crippen LogP contribution in [0, 0.1) is 5.92 Å². The van der Waals surface area contributed by atoms with E-state index >= 15 is 0 Å². The first-order valence-corrected chi connectivity index (χ1v) is 3.97. The minimum absolute atomic E-state index is 0.00921. The zero-order valence-electron chi connectivity index (χ0n) is 6.14. The molecule has 1 aliphatic rings. The van der Waals surface area contributed by atoms with Crippen molar-refractivity contribution < 1.29 is 5.11 Å². The van der Waals surface area contributed by atoms with Gasteiger partial charge in [0.2, 0.25) is 0 Å². The Morgan fingerprint density at radius 1 is 1.11 bits per heavy atom. The summed E-state index contributed by atoms with van der Waals surface area (Å²) in [7, 11) is 0. The van der Waals surface area contributed by atoms with Crippen molar-refractivity contribution in [2.75, 3.05) is 0 Å². The predicted octanol–water partition coefficient (Wildman–Crippen LogP) is 1.95. The van der Waals surface area contributed by atoms with E-state index in [9.17, 15) is 5.11 Å². The van der Waals surface area contributed by atoms with Gasteiger partial charge in [0.25, 0.3) is 0 Å². The molecule has 1 fully saturated rings. The Hall–Kier alpha value is -0.0400. The molecule has 0 aliphatic heterocycles. The second-order valence-electron chi connectivity index (χ2n) is 3.27. The molecule has 0 radical (unpaired) electrons. The highest BCUT2D eigenvalue weighted by Crippen LogP contribution is 2.21. The maximum absolute atomic E-state index is 9.21. The van der Waals surface area contributed by atoms with E-state index in [1.807, 2.05) is 0 Å². The summed E-state index contributed by atoms with van der Waals surface area (Å²) in [6.07, 6.45) is 5.83. The zero-order valence-corrected chi connectivity index (χ0v) is 6.14. The van der Waals surface area contributed by atoms with Crippen molar-refractivity contribution in [3.63, 3.8) is 0 Å². The Labute approximate surface area is 57.1 Å². The molecule has 1 rings (SSSR count). The standard InChI is InChI=1S/C8H16O/c1-7-3-2-4-8(9)6-5-7/h7-9H,2-6H2,1H3/t7-,8+/m1/s1. The quantitative estimate of drug-likeness (QED) is 0.494. The average Bonchev–Trinajstić information content (AvgIpc) is 1.97. The smallest absolute Gasteiger partial charge is 0.0540 e. The van der Waals surface area contributed by atoms with Crippen LogP contribution < -0.4 is 0 Å². The van der Waals surface area contributed by atoms with Crippen molar-refractivity contribution in [3.8, 4) is 0 Å². The van der Waals surface area contributed by atoms with E-state index in [0.29, 0.717) is 0 Å². The van der Waals surface area contributed by atoms with Crippen LogP contribution in [0.2, 0.25) is 0 Å². The van der Waals surface area contributed by atoms with Crippen molar-refractivity contribution in [1.29, 1.82) is 0 Å². The first-order chi connectivity index (χ1) is 4.29. The first kappa shape index (κ1) is 7.07. The second-order valence-corrected chi connectivity index (χ2v) is 3.27. The predicted molar refractivity (Wildman–Crippen MR) is 38.3 cm³/mol. The normalized spacial score (nSPS) is 38.0. The van der Waals surface area contributed by atoms with Gasteiger partial charge in [-0.3, -0.25) is 0 Å². The molecule has 54 valence electrons. The van der Waals surface area contributed by atoms with Gasteiger partial charge < -0.3 is 5.11 Å². The van der Waals surface area contributed by atoms with Crippen LogP contribution in [0.5, 0.6) is 0 Å². The summed E-state index contributed by atoms with van der Waals surface area (Å²) in [4.78, 5) is 0. The molecular formula is C8H16O. The number of hydrogen-bond acceptors (Lipinski definition) is 1. The lowest BCUT2D eigenvalue weighted by Crippen LogP contribution is -2.02. The third-order valence-electron chi connectivity index (χ3n) is 2.23. The van der Waals surface area contributed by atoms with Crippen molar-refractivity contribution >= 4 is 0 Å². The molecule has 1 N–H and O–H groups in total. The number of rotatable bonds is 0. The maximum Gasteiger partial charge on any atom is 0.0540 e. The fourth-order valence-corrected chi connectivity index (χ4v) is 1.47. The van der Waals surface area contributed by atoms with E-state index in [1.165, 1.54) is 19.3 Å². The Bertz CT molecular complexity index is 70.6. The van der Waals surface area contributed by atoms with Gasteiger partial charge in [-0.2, -0.15) is 0 Å². The monoisotopic (exact) mass is 128 g/mol. The van der Waals surface area contributed by atoms with E-state index in [0.717, 1.165) is 18.8 Å². The largest absolute Gasteiger partial charge is 0.393 e. The highest BCUT2D eigenvalue weighted by molar-refractivity contribution is 4.65. The number of aliphatic hydroxyl groups excluding tert-OH is 1. The van der Waals surface area contributed by atoms with E-state index in [2.05, 4.69) is 6.92 Å². The summed E-state index contributed by atoms with van der Waals surface area (Å²) in [5, 5.41) is 9.21.